The van der Waals surface area contributed by atoms with Gasteiger partial charge >= 0.3 is 0 Å². The SMILES string of the molecule is O=C1CCC(c2coc3ccc(S(=O)(=O)Cl)cc23)C(=O)N1I. The van der Waals surface area contributed by atoms with Crippen LogP contribution in [0, 0.1) is 0 Å². The van der Waals surface area contributed by atoms with Crippen LogP contribution < -0.4 is 0 Å². The maximum atomic E-state index is 12.3. The van der Waals surface area contributed by atoms with Gasteiger partial charge in [-0.1, -0.05) is 0 Å². The standard InChI is InChI=1S/C13H9ClINO5S/c14-22(19,20)7-1-3-11-9(5-7)10(6-21-11)8-2-4-12(17)16(15)13(8)18/h1,3,5-6,8H,2,4H2. The number of carbonyl (C=O) groups excluding carboxylic acids is 2. The van der Waals surface area contributed by atoms with Gasteiger partial charge in [-0.25, -0.2) is 11.5 Å². The van der Waals surface area contributed by atoms with Crippen molar-refractivity contribution in [3.63, 3.8) is 0 Å². The van der Waals surface area contributed by atoms with Crippen LogP contribution in [0.2, 0.25) is 0 Å². The number of amides is 2. The third kappa shape index (κ3) is 2.63. The molecule has 1 saturated heterocycles. The van der Waals surface area contributed by atoms with Crippen molar-refractivity contribution in [2.75, 3.05) is 0 Å². The third-order valence-corrected chi connectivity index (χ3v) is 5.95. The Morgan fingerprint density at radius 3 is 2.73 bits per heavy atom. The highest BCUT2D eigenvalue weighted by Crippen LogP contribution is 2.36. The minimum Gasteiger partial charge on any atom is -0.464 e. The Morgan fingerprint density at radius 1 is 1.32 bits per heavy atom. The first kappa shape index (κ1) is 15.8. The van der Waals surface area contributed by atoms with Gasteiger partial charge in [0.2, 0.25) is 11.8 Å². The molecule has 1 aliphatic rings. The van der Waals surface area contributed by atoms with Gasteiger partial charge in [0.05, 0.1) is 39.9 Å². The fraction of sp³-hybridized carbons (Fsp3) is 0.231. The normalized spacial score (nSPS) is 19.9. The number of rotatable bonds is 2. The fourth-order valence-corrected chi connectivity index (χ4v) is 3.84. The van der Waals surface area contributed by atoms with Crippen LogP contribution in [0.1, 0.15) is 24.3 Å². The number of hydrogen-bond acceptors (Lipinski definition) is 5. The van der Waals surface area contributed by atoms with Gasteiger partial charge in [0.1, 0.15) is 5.58 Å². The summed E-state index contributed by atoms with van der Waals surface area (Å²) < 4.78 is 29.4. The zero-order valence-corrected chi connectivity index (χ0v) is 14.7. The lowest BCUT2D eigenvalue weighted by Crippen LogP contribution is -2.37. The van der Waals surface area contributed by atoms with Gasteiger partial charge in [-0.15, -0.1) is 0 Å². The number of carbonyl (C=O) groups is 2. The van der Waals surface area contributed by atoms with Gasteiger partial charge in [0.15, 0.2) is 0 Å². The third-order valence-electron chi connectivity index (χ3n) is 3.59. The first-order chi connectivity index (χ1) is 10.3. The lowest BCUT2D eigenvalue weighted by atomic mass is 9.90. The van der Waals surface area contributed by atoms with E-state index in [1.807, 2.05) is 0 Å². The van der Waals surface area contributed by atoms with Crippen molar-refractivity contribution in [2.24, 2.45) is 0 Å². The van der Waals surface area contributed by atoms with Crippen molar-refractivity contribution in [2.45, 2.75) is 23.7 Å². The van der Waals surface area contributed by atoms with E-state index in [9.17, 15) is 18.0 Å². The first-order valence-corrected chi connectivity index (χ1v) is 9.55. The van der Waals surface area contributed by atoms with E-state index in [2.05, 4.69) is 0 Å². The summed E-state index contributed by atoms with van der Waals surface area (Å²) in [6, 6.07) is 4.22. The molecule has 2 heterocycles. The summed E-state index contributed by atoms with van der Waals surface area (Å²) in [5.41, 5.74) is 1.03. The van der Waals surface area contributed by atoms with Gasteiger partial charge in [-0.3, -0.25) is 9.59 Å². The molecule has 2 aromatic rings. The van der Waals surface area contributed by atoms with Crippen LogP contribution in [0.25, 0.3) is 11.0 Å². The lowest BCUT2D eigenvalue weighted by Gasteiger charge is -2.25. The molecule has 0 radical (unpaired) electrons. The minimum atomic E-state index is -3.87. The van der Waals surface area contributed by atoms with E-state index in [0.717, 1.165) is 3.11 Å². The van der Waals surface area contributed by atoms with Gasteiger partial charge < -0.3 is 4.42 Å². The van der Waals surface area contributed by atoms with Gasteiger partial charge in [-0.2, -0.15) is 0 Å². The molecule has 0 saturated carbocycles. The molecule has 1 aromatic heterocycles. The van der Waals surface area contributed by atoms with Crippen molar-refractivity contribution in [3.8, 4) is 0 Å². The van der Waals surface area contributed by atoms with Crippen molar-refractivity contribution in [3.05, 3.63) is 30.0 Å². The van der Waals surface area contributed by atoms with E-state index < -0.39 is 15.0 Å². The van der Waals surface area contributed by atoms with Crippen LogP contribution >= 0.6 is 33.5 Å². The molecular formula is C13H9ClINO5S. The number of benzene rings is 1. The molecule has 1 atom stereocenters. The summed E-state index contributed by atoms with van der Waals surface area (Å²) in [7, 11) is 1.48. The Morgan fingerprint density at radius 2 is 2.05 bits per heavy atom. The number of imide groups is 1. The van der Waals surface area contributed by atoms with Crippen LogP contribution in [0.4, 0.5) is 0 Å². The minimum absolute atomic E-state index is 0.0602. The molecule has 0 aliphatic carbocycles. The zero-order valence-electron chi connectivity index (χ0n) is 11.0. The number of furan rings is 1. The Balaban J connectivity index is 2.11. The Hall–Kier alpha value is -1.13. The number of fused-ring (bicyclic) bond motifs is 1. The molecule has 0 bridgehead atoms. The molecule has 1 fully saturated rings. The molecule has 1 aliphatic heterocycles. The maximum absolute atomic E-state index is 12.3. The fourth-order valence-electron chi connectivity index (χ4n) is 2.49. The average molecular weight is 454 g/mol. The molecule has 6 nitrogen and oxygen atoms in total. The number of halogens is 2. The van der Waals surface area contributed by atoms with Gasteiger partial charge in [-0.05, 0) is 24.6 Å². The summed E-state index contributed by atoms with van der Waals surface area (Å²) in [4.78, 5) is 23.8. The monoisotopic (exact) mass is 453 g/mol. The predicted molar refractivity (Wildman–Crippen MR) is 87.1 cm³/mol. The molecular weight excluding hydrogens is 445 g/mol. The smallest absolute Gasteiger partial charge is 0.261 e. The van der Waals surface area contributed by atoms with E-state index in [0.29, 0.717) is 23.0 Å². The number of hydrogen-bond donors (Lipinski definition) is 0. The average Bonchev–Trinajstić information content (AvgIpc) is 2.87. The van der Waals surface area contributed by atoms with Crippen LogP contribution in [0.15, 0.2) is 33.8 Å². The quantitative estimate of drug-likeness (QED) is 0.302. The molecule has 0 N–H and O–H groups in total. The number of nitrogens with zero attached hydrogens (tertiary/aromatic N) is 1. The van der Waals surface area contributed by atoms with Crippen molar-refractivity contribution in [1.82, 2.24) is 3.11 Å². The van der Waals surface area contributed by atoms with Gasteiger partial charge in [0, 0.05) is 28.1 Å². The lowest BCUT2D eigenvalue weighted by molar-refractivity contribution is -0.140. The van der Waals surface area contributed by atoms with Crippen LogP contribution in [0.3, 0.4) is 0 Å². The molecule has 1 aromatic carbocycles. The van der Waals surface area contributed by atoms with Crippen molar-refractivity contribution < 1.29 is 22.4 Å². The molecule has 2 amide bonds. The summed E-state index contributed by atoms with van der Waals surface area (Å²) in [6.07, 6.45) is 2.04. The van der Waals surface area contributed by atoms with Crippen LogP contribution in [0.5, 0.6) is 0 Å². The summed E-state index contributed by atoms with van der Waals surface area (Å²) >= 11 is 1.68. The zero-order chi connectivity index (χ0) is 16.1. The van der Waals surface area contributed by atoms with Crippen molar-refractivity contribution in [1.29, 1.82) is 0 Å². The van der Waals surface area contributed by atoms with E-state index in [-0.39, 0.29) is 23.1 Å². The molecule has 1 unspecified atom stereocenters. The van der Waals surface area contributed by atoms with E-state index in [1.165, 1.54) is 24.5 Å². The summed E-state index contributed by atoms with van der Waals surface area (Å²) in [6.45, 7) is 0. The second-order valence-electron chi connectivity index (χ2n) is 4.89. The summed E-state index contributed by atoms with van der Waals surface area (Å²) in [5, 5.41) is 0.513. The largest absolute Gasteiger partial charge is 0.464 e. The first-order valence-electron chi connectivity index (χ1n) is 6.27. The molecule has 3 rings (SSSR count). The second kappa shape index (κ2) is 5.50. The van der Waals surface area contributed by atoms with Crippen LogP contribution in [-0.4, -0.2) is 23.3 Å². The summed E-state index contributed by atoms with van der Waals surface area (Å²) in [5.74, 6) is -1.11. The highest BCUT2D eigenvalue weighted by Gasteiger charge is 2.35. The second-order valence-corrected chi connectivity index (χ2v) is 8.42. The highest BCUT2D eigenvalue weighted by molar-refractivity contribution is 14.1. The topological polar surface area (TPSA) is 84.7 Å². The van der Waals surface area contributed by atoms with Crippen molar-refractivity contribution >= 4 is 65.4 Å². The van der Waals surface area contributed by atoms with Crippen LogP contribution in [-0.2, 0) is 18.6 Å². The highest BCUT2D eigenvalue weighted by atomic mass is 127. The van der Waals surface area contributed by atoms with E-state index in [4.69, 9.17) is 15.1 Å². The molecule has 22 heavy (non-hydrogen) atoms. The Kier molecular flexibility index (Phi) is 3.94. The molecule has 9 heteroatoms. The molecule has 0 spiro atoms. The predicted octanol–water partition coefficient (Wildman–Crippen LogP) is 2.94. The van der Waals surface area contributed by atoms with E-state index >= 15 is 0 Å². The van der Waals surface area contributed by atoms with E-state index in [1.54, 1.807) is 22.9 Å². The van der Waals surface area contributed by atoms with Gasteiger partial charge in [0.25, 0.3) is 9.05 Å². The number of piperidine rings is 1. The Bertz CT molecular complexity index is 891. The maximum Gasteiger partial charge on any atom is 0.261 e. The molecule has 116 valence electrons. The Labute approximate surface area is 144 Å².